The molecule has 0 bridgehead atoms. The Morgan fingerprint density at radius 2 is 2.00 bits per heavy atom. The maximum Gasteiger partial charge on any atom is 0.0991 e. The van der Waals surface area contributed by atoms with E-state index in [1.54, 1.807) is 6.07 Å². The summed E-state index contributed by atoms with van der Waals surface area (Å²) in [5.74, 6) is 0. The maximum atomic E-state index is 8.91. The SMILES string of the molecule is CN(C)c1ccc(Cl)cc1NCc1cccc(C#N)c1. The largest absolute Gasteiger partial charge is 0.379 e. The zero-order valence-electron chi connectivity index (χ0n) is 11.5. The molecular formula is C16H16ClN3. The molecule has 0 saturated heterocycles. The first-order valence-electron chi connectivity index (χ1n) is 6.30. The Morgan fingerprint density at radius 3 is 2.70 bits per heavy atom. The number of halogens is 1. The molecule has 0 spiro atoms. The Hall–Kier alpha value is -2.18. The molecule has 0 fully saturated rings. The van der Waals surface area contributed by atoms with Crippen LogP contribution in [0.25, 0.3) is 0 Å². The van der Waals surface area contributed by atoms with Gasteiger partial charge in [-0.05, 0) is 35.9 Å². The van der Waals surface area contributed by atoms with Crippen molar-refractivity contribution in [2.45, 2.75) is 6.54 Å². The first-order valence-corrected chi connectivity index (χ1v) is 6.68. The van der Waals surface area contributed by atoms with Crippen molar-refractivity contribution < 1.29 is 0 Å². The van der Waals surface area contributed by atoms with Crippen LogP contribution in [0.4, 0.5) is 11.4 Å². The van der Waals surface area contributed by atoms with E-state index in [1.807, 2.05) is 55.4 Å². The number of anilines is 2. The molecule has 0 atom stereocenters. The molecule has 0 radical (unpaired) electrons. The quantitative estimate of drug-likeness (QED) is 0.926. The van der Waals surface area contributed by atoms with E-state index in [9.17, 15) is 0 Å². The topological polar surface area (TPSA) is 39.1 Å². The summed E-state index contributed by atoms with van der Waals surface area (Å²) in [6, 6.07) is 15.5. The van der Waals surface area contributed by atoms with Crippen LogP contribution in [0.1, 0.15) is 11.1 Å². The second-order valence-electron chi connectivity index (χ2n) is 4.72. The second-order valence-corrected chi connectivity index (χ2v) is 5.16. The van der Waals surface area contributed by atoms with Crippen LogP contribution >= 0.6 is 11.6 Å². The predicted octanol–water partition coefficient (Wildman–Crippen LogP) is 3.89. The summed E-state index contributed by atoms with van der Waals surface area (Å²) in [5.41, 5.74) is 3.78. The van der Waals surface area contributed by atoms with E-state index in [4.69, 9.17) is 16.9 Å². The van der Waals surface area contributed by atoms with Gasteiger partial charge in [-0.2, -0.15) is 5.26 Å². The number of benzene rings is 2. The molecule has 0 aliphatic heterocycles. The van der Waals surface area contributed by atoms with Gasteiger partial charge in [0.2, 0.25) is 0 Å². The first kappa shape index (κ1) is 14.2. The maximum absolute atomic E-state index is 8.91. The van der Waals surface area contributed by atoms with E-state index in [0.29, 0.717) is 17.1 Å². The van der Waals surface area contributed by atoms with Gasteiger partial charge in [-0.3, -0.25) is 0 Å². The number of nitrogens with one attached hydrogen (secondary N) is 1. The minimum Gasteiger partial charge on any atom is -0.379 e. The Kier molecular flexibility index (Phi) is 4.49. The lowest BCUT2D eigenvalue weighted by molar-refractivity contribution is 1.10. The number of nitrogens with zero attached hydrogens (tertiary/aromatic N) is 2. The van der Waals surface area contributed by atoms with Gasteiger partial charge < -0.3 is 10.2 Å². The fourth-order valence-corrected chi connectivity index (χ4v) is 2.16. The standard InChI is InChI=1S/C16H16ClN3/c1-20(2)16-7-6-14(17)9-15(16)19-11-13-5-3-4-12(8-13)10-18/h3-9,19H,11H2,1-2H3. The highest BCUT2D eigenvalue weighted by atomic mass is 35.5. The average Bonchev–Trinajstić information content (AvgIpc) is 2.45. The molecule has 102 valence electrons. The molecule has 1 N–H and O–H groups in total. The van der Waals surface area contributed by atoms with Gasteiger partial charge in [0.25, 0.3) is 0 Å². The molecule has 4 heteroatoms. The van der Waals surface area contributed by atoms with Gasteiger partial charge in [0.15, 0.2) is 0 Å². The highest BCUT2D eigenvalue weighted by Gasteiger charge is 2.05. The van der Waals surface area contributed by atoms with Crippen LogP contribution in [-0.4, -0.2) is 14.1 Å². The molecule has 0 heterocycles. The molecule has 0 saturated carbocycles. The fourth-order valence-electron chi connectivity index (χ4n) is 1.99. The number of hydrogen-bond donors (Lipinski definition) is 1. The van der Waals surface area contributed by atoms with Crippen LogP contribution in [0.15, 0.2) is 42.5 Å². The van der Waals surface area contributed by atoms with Gasteiger partial charge in [0.05, 0.1) is 23.0 Å². The molecule has 2 rings (SSSR count). The second kappa shape index (κ2) is 6.31. The van der Waals surface area contributed by atoms with Crippen molar-refractivity contribution in [3.05, 3.63) is 58.6 Å². The van der Waals surface area contributed by atoms with Crippen LogP contribution < -0.4 is 10.2 Å². The third-order valence-corrected chi connectivity index (χ3v) is 3.21. The smallest absolute Gasteiger partial charge is 0.0991 e. The molecule has 0 amide bonds. The Labute approximate surface area is 124 Å². The van der Waals surface area contributed by atoms with Crippen LogP contribution in [0.3, 0.4) is 0 Å². The van der Waals surface area contributed by atoms with Gasteiger partial charge in [0.1, 0.15) is 0 Å². The van der Waals surface area contributed by atoms with E-state index < -0.39 is 0 Å². The van der Waals surface area contributed by atoms with E-state index in [-0.39, 0.29) is 0 Å². The lowest BCUT2D eigenvalue weighted by Gasteiger charge is -2.19. The molecular weight excluding hydrogens is 270 g/mol. The molecule has 0 aliphatic rings. The summed E-state index contributed by atoms with van der Waals surface area (Å²) in [7, 11) is 3.98. The van der Waals surface area contributed by atoms with E-state index in [1.165, 1.54) is 0 Å². The van der Waals surface area contributed by atoms with Gasteiger partial charge in [-0.1, -0.05) is 23.7 Å². The molecule has 2 aromatic carbocycles. The van der Waals surface area contributed by atoms with Crippen LogP contribution in [0.2, 0.25) is 5.02 Å². The van der Waals surface area contributed by atoms with E-state index in [2.05, 4.69) is 11.4 Å². The van der Waals surface area contributed by atoms with Crippen molar-refractivity contribution in [1.82, 2.24) is 0 Å². The number of nitriles is 1. The molecule has 2 aromatic rings. The molecule has 0 aromatic heterocycles. The van der Waals surface area contributed by atoms with Crippen molar-refractivity contribution >= 4 is 23.0 Å². The van der Waals surface area contributed by atoms with Crippen molar-refractivity contribution in [3.63, 3.8) is 0 Å². The highest BCUT2D eigenvalue weighted by molar-refractivity contribution is 6.31. The first-order chi connectivity index (χ1) is 9.60. The van der Waals surface area contributed by atoms with Gasteiger partial charge in [-0.25, -0.2) is 0 Å². The summed E-state index contributed by atoms with van der Waals surface area (Å²) < 4.78 is 0. The predicted molar refractivity (Wildman–Crippen MR) is 84.3 cm³/mol. The zero-order valence-corrected chi connectivity index (χ0v) is 12.3. The Balaban J connectivity index is 2.18. The molecule has 0 unspecified atom stereocenters. The lowest BCUT2D eigenvalue weighted by atomic mass is 10.1. The number of hydrogen-bond acceptors (Lipinski definition) is 3. The third kappa shape index (κ3) is 3.43. The molecule has 0 aliphatic carbocycles. The molecule has 20 heavy (non-hydrogen) atoms. The van der Waals surface area contributed by atoms with Crippen LogP contribution in [-0.2, 0) is 6.54 Å². The normalized spacial score (nSPS) is 9.90. The minimum absolute atomic E-state index is 0.650. The van der Waals surface area contributed by atoms with Gasteiger partial charge in [0, 0.05) is 25.7 Å². The van der Waals surface area contributed by atoms with Crippen LogP contribution in [0.5, 0.6) is 0 Å². The van der Waals surface area contributed by atoms with E-state index >= 15 is 0 Å². The summed E-state index contributed by atoms with van der Waals surface area (Å²) in [4.78, 5) is 2.03. The third-order valence-electron chi connectivity index (χ3n) is 2.98. The summed E-state index contributed by atoms with van der Waals surface area (Å²) >= 11 is 6.05. The monoisotopic (exact) mass is 285 g/mol. The van der Waals surface area contributed by atoms with Crippen molar-refractivity contribution in [3.8, 4) is 6.07 Å². The summed E-state index contributed by atoms with van der Waals surface area (Å²) in [5, 5.41) is 13.0. The van der Waals surface area contributed by atoms with E-state index in [0.717, 1.165) is 16.9 Å². The Morgan fingerprint density at radius 1 is 1.20 bits per heavy atom. The number of rotatable bonds is 4. The van der Waals surface area contributed by atoms with Crippen molar-refractivity contribution in [2.24, 2.45) is 0 Å². The van der Waals surface area contributed by atoms with Crippen LogP contribution in [0, 0.1) is 11.3 Å². The van der Waals surface area contributed by atoms with Crippen molar-refractivity contribution in [1.29, 1.82) is 5.26 Å². The molecule has 3 nitrogen and oxygen atoms in total. The lowest BCUT2D eigenvalue weighted by Crippen LogP contribution is -2.12. The average molecular weight is 286 g/mol. The fraction of sp³-hybridized carbons (Fsp3) is 0.188. The minimum atomic E-state index is 0.650. The van der Waals surface area contributed by atoms with Gasteiger partial charge >= 0.3 is 0 Å². The summed E-state index contributed by atoms with van der Waals surface area (Å²) in [6.07, 6.45) is 0. The Bertz CT molecular complexity index is 644. The summed E-state index contributed by atoms with van der Waals surface area (Å²) in [6.45, 7) is 0.650. The van der Waals surface area contributed by atoms with Crippen molar-refractivity contribution in [2.75, 3.05) is 24.3 Å². The zero-order chi connectivity index (χ0) is 14.5. The van der Waals surface area contributed by atoms with Gasteiger partial charge in [-0.15, -0.1) is 0 Å². The highest BCUT2D eigenvalue weighted by Crippen LogP contribution is 2.28.